The number of nitrogens with zero attached hydrogens (tertiary/aromatic N) is 12. The highest BCUT2D eigenvalue weighted by Crippen LogP contribution is 2.62. The van der Waals surface area contributed by atoms with Gasteiger partial charge in [-0.25, -0.2) is 4.85 Å². The number of hydrogen-bond donors (Lipinski definition) is 0. The smallest absolute Gasteiger partial charge is 0.238 e. The van der Waals surface area contributed by atoms with E-state index in [0.29, 0.717) is 34.0 Å². The maximum absolute atomic E-state index is 14.6. The zero-order valence-corrected chi connectivity index (χ0v) is 74.9. The van der Waals surface area contributed by atoms with Gasteiger partial charge in [-0.3, -0.25) is 0 Å². The number of benzene rings is 21. The van der Waals surface area contributed by atoms with Crippen molar-refractivity contribution in [2.45, 2.75) is 0 Å². The van der Waals surface area contributed by atoms with Crippen molar-refractivity contribution < 1.29 is 0 Å². The van der Waals surface area contributed by atoms with Crippen LogP contribution in [-0.2, 0) is 0 Å². The zero-order chi connectivity index (χ0) is 91.3. The fraction of sp³-hybridized carbons (Fsp3) is 0. The Morgan fingerprint density at radius 3 is 0.500 bits per heavy atom. The Balaban J connectivity index is 1.03. The average molecular weight is 1780 g/mol. The van der Waals surface area contributed by atoms with Crippen molar-refractivity contribution in [3.8, 4) is 57.3 Å². The lowest BCUT2D eigenvalue weighted by atomic mass is 9.95. The maximum Gasteiger partial charge on any atom is 0.238 e. The number of rotatable bonds is 9. The lowest BCUT2D eigenvalue weighted by Crippen LogP contribution is -2.13. The van der Waals surface area contributed by atoms with Gasteiger partial charge in [0, 0.05) is 118 Å². The van der Waals surface area contributed by atoms with E-state index in [2.05, 4.69) is 488 Å². The van der Waals surface area contributed by atoms with Crippen LogP contribution in [0.1, 0.15) is 5.56 Å². The minimum atomic E-state index is 0.397. The molecule has 11 aromatic heterocycles. The molecule has 0 radical (unpaired) electrons. The number of nitriles is 1. The van der Waals surface area contributed by atoms with Crippen LogP contribution in [-0.4, -0.2) is 45.5 Å². The van der Waals surface area contributed by atoms with E-state index in [1.165, 1.54) is 0 Å². The van der Waals surface area contributed by atoms with E-state index in [-0.39, 0.29) is 0 Å². The quantitative estimate of drug-likeness (QED) is 0.133. The van der Waals surface area contributed by atoms with Crippen molar-refractivity contribution in [1.82, 2.24) is 45.5 Å². The van der Waals surface area contributed by atoms with E-state index in [0.717, 1.165) is 263 Å². The van der Waals surface area contributed by atoms with Crippen LogP contribution in [0.15, 0.2) is 437 Å². The summed E-state index contributed by atoms with van der Waals surface area (Å²) in [7, 11) is 0. The van der Waals surface area contributed by atoms with Crippen molar-refractivity contribution in [2.24, 2.45) is 0 Å². The highest BCUT2D eigenvalue weighted by molar-refractivity contribution is 6.39. The zero-order valence-electron chi connectivity index (χ0n) is 74.9. The lowest BCUT2D eigenvalue weighted by molar-refractivity contribution is 1.07. The van der Waals surface area contributed by atoms with Gasteiger partial charge in [0.2, 0.25) is 5.69 Å². The molecule has 32 aromatic rings. The van der Waals surface area contributed by atoms with Gasteiger partial charge in [-0.1, -0.05) is 328 Å². The molecule has 0 amide bonds. The Morgan fingerprint density at radius 1 is 0.157 bits per heavy atom. The molecule has 21 aromatic carbocycles. The first-order valence-electron chi connectivity index (χ1n) is 47.8. The molecule has 12 nitrogen and oxygen atoms in total. The van der Waals surface area contributed by atoms with Gasteiger partial charge in [0.15, 0.2) is 0 Å². The third kappa shape index (κ3) is 9.36. The van der Waals surface area contributed by atoms with Crippen molar-refractivity contribution in [2.75, 3.05) is 0 Å². The molecule has 0 N–H and O–H groups in total. The van der Waals surface area contributed by atoms with Gasteiger partial charge in [-0.15, -0.1) is 0 Å². The minimum absolute atomic E-state index is 0.397. The summed E-state index contributed by atoms with van der Waals surface area (Å²) in [6.07, 6.45) is 0. The summed E-state index contributed by atoms with van der Waals surface area (Å²) >= 11 is 0. The molecule has 0 aliphatic rings. The molecule has 32 rings (SSSR count). The first-order valence-corrected chi connectivity index (χ1v) is 47.8. The van der Waals surface area contributed by atoms with Gasteiger partial charge in [0.25, 0.3) is 0 Å². The topological polar surface area (TPSA) is 76.9 Å². The van der Waals surface area contributed by atoms with Crippen LogP contribution in [0.5, 0.6) is 0 Å². The van der Waals surface area contributed by atoms with Gasteiger partial charge >= 0.3 is 0 Å². The van der Waals surface area contributed by atoms with Crippen molar-refractivity contribution >= 4 is 240 Å². The lowest BCUT2D eigenvalue weighted by Gasteiger charge is -2.27. The Morgan fingerprint density at radius 2 is 0.300 bits per heavy atom. The molecule has 0 aliphatic carbocycles. The monoisotopic (exact) mass is 1780 g/mol. The third-order valence-corrected chi connectivity index (χ3v) is 30.8. The Bertz CT molecular complexity index is 10300. The predicted octanol–water partition coefficient (Wildman–Crippen LogP) is 33.1. The van der Waals surface area contributed by atoms with Gasteiger partial charge in [0.1, 0.15) is 11.6 Å². The second-order valence-electron chi connectivity index (χ2n) is 37.3. The molecule has 140 heavy (non-hydrogen) atoms. The summed E-state index contributed by atoms with van der Waals surface area (Å²) in [6.45, 7) is 11.3. The summed E-state index contributed by atoms with van der Waals surface area (Å²) in [6, 6.07) is 164. The molecule has 0 saturated heterocycles. The van der Waals surface area contributed by atoms with Crippen molar-refractivity contribution in [1.29, 1.82) is 5.26 Å². The Kier molecular flexibility index (Phi) is 14.8. The molecule has 0 saturated carbocycles. The molecule has 0 unspecified atom stereocenters. The first-order chi connectivity index (χ1) is 69.6. The fourth-order valence-electron chi connectivity index (χ4n) is 25.6. The molecule has 0 spiro atoms. The van der Waals surface area contributed by atoms with Crippen LogP contribution < -0.4 is 0 Å². The molecule has 12 heteroatoms. The predicted molar refractivity (Wildman–Crippen MR) is 581 cm³/mol. The van der Waals surface area contributed by atoms with Crippen LogP contribution in [0.25, 0.3) is 290 Å². The van der Waals surface area contributed by atoms with E-state index in [1.807, 2.05) is 0 Å². The summed E-state index contributed by atoms with van der Waals surface area (Å²) in [5.41, 5.74) is 26.9. The number of hydrogen-bond acceptors (Lipinski definition) is 1. The van der Waals surface area contributed by atoms with E-state index >= 15 is 0 Å². The number of aromatic nitrogens is 10. The van der Waals surface area contributed by atoms with Gasteiger partial charge in [-0.05, 0) is 109 Å². The van der Waals surface area contributed by atoms with Crippen LogP contribution >= 0.6 is 0 Å². The molecule has 11 heterocycles. The molecular weight excluding hydrogens is 1710 g/mol. The molecule has 644 valence electrons. The van der Waals surface area contributed by atoms with Crippen LogP contribution in [0.3, 0.4) is 0 Å². The molecular formula is C128H72N12. The SMILES string of the molecule is [C-]#[N+]c1c(-n2c3ccccc3c3ccccc32)c(-n2c3ccccc3c3ccccc32)c2c3c(-n4c5ccccc5c5ccccc54)c(-n4c5ccccc5c5ccccc54)c(-n4c5ccccc5c5ccccc54)c4c5c(-n6c7ccccc7c7ccccc76)c(-n6c7ccccc7c7ccccc76)c(C#N)c(-n6c7ccccc7c7ccccc76)c5n(c2c1-n1c2ccccc2c2ccccc21)c43. The summed E-state index contributed by atoms with van der Waals surface area (Å²) in [5.74, 6) is 0. The van der Waals surface area contributed by atoms with E-state index in [4.69, 9.17) is 4.85 Å². The van der Waals surface area contributed by atoms with Crippen LogP contribution in [0.4, 0.5) is 5.69 Å². The fourth-order valence-corrected chi connectivity index (χ4v) is 25.6. The second-order valence-corrected chi connectivity index (χ2v) is 37.3. The molecule has 0 bridgehead atoms. The van der Waals surface area contributed by atoms with Crippen molar-refractivity contribution in [3.05, 3.63) is 454 Å². The first kappa shape index (κ1) is 75.1. The Labute approximate surface area is 796 Å². The second kappa shape index (κ2) is 27.7. The normalized spacial score (nSPS) is 12.4. The number of fused-ring (bicyclic) bond motifs is 33. The van der Waals surface area contributed by atoms with E-state index in [9.17, 15) is 11.8 Å². The van der Waals surface area contributed by atoms with Crippen LogP contribution in [0.2, 0.25) is 0 Å². The molecule has 0 aliphatic heterocycles. The average Bonchev–Trinajstić information content (AvgIpc) is 1.47. The highest BCUT2D eigenvalue weighted by atomic mass is 15.2. The third-order valence-electron chi connectivity index (χ3n) is 30.8. The standard InChI is InChI=1S/C128H72N12/c1-130-116-126(137-106-68-32-14-50-87(106)88-51-15-33-69-107(88)137)122(134-100-62-26-8-44-81(100)82-45-9-27-63-101(82)134)115-113-119-112(124(135-102-64-28-10-46-83(102)84-47-11-29-65-103(84)135)128(139-110-72-36-18-54-91(110)92-55-19-37-73-111(92)139)125(113)136-104-66-30-12-48-85(104)86-49-13-31-67-105(86)136)114-120(133-98-60-24-6-42-79(98)80-43-7-25-61-99(80)133)117(131-94-56-20-2-38-75(94)76-39-3-21-57-95(76)131)93(74-129)118(132-96-58-22-4-40-77(96)78-41-5-23-59-97(78)132)121(114)140(119)123(115)127(116)138-108-70-34-16-52-89(108)90-53-17-35-71-109(90)138/h2-73H. The van der Waals surface area contributed by atoms with E-state index < -0.39 is 0 Å². The van der Waals surface area contributed by atoms with Crippen molar-refractivity contribution in [3.63, 3.8) is 0 Å². The summed E-state index contributed by atoms with van der Waals surface area (Å²) < 4.78 is 25.6. The summed E-state index contributed by atoms with van der Waals surface area (Å²) in [4.78, 5) is 5.54. The van der Waals surface area contributed by atoms with E-state index in [1.54, 1.807) is 0 Å². The minimum Gasteiger partial charge on any atom is -0.317 e. The van der Waals surface area contributed by atoms with Crippen LogP contribution in [0, 0.1) is 17.9 Å². The Hall–Kier alpha value is -19.4. The summed E-state index contributed by atoms with van der Waals surface area (Å²) in [5, 5.41) is 36.9. The number of para-hydroxylation sites is 18. The largest absolute Gasteiger partial charge is 0.317 e. The highest BCUT2D eigenvalue weighted by Gasteiger charge is 2.44. The molecule has 0 atom stereocenters. The van der Waals surface area contributed by atoms with Gasteiger partial charge in [-0.2, -0.15) is 5.26 Å². The van der Waals surface area contributed by atoms with Gasteiger partial charge in [0.05, 0.1) is 174 Å². The molecule has 0 fully saturated rings. The van der Waals surface area contributed by atoms with Gasteiger partial charge < -0.3 is 45.5 Å². The maximum atomic E-state index is 14.6.